The van der Waals surface area contributed by atoms with Crippen LogP contribution in [-0.2, 0) is 9.53 Å². The van der Waals surface area contributed by atoms with E-state index in [1.165, 1.54) is 0 Å². The number of nitrogens with zero attached hydrogens (tertiary/aromatic N) is 2. The van der Waals surface area contributed by atoms with Gasteiger partial charge in [0.25, 0.3) is 0 Å². The number of ether oxygens (including phenoxy) is 1. The van der Waals surface area contributed by atoms with Crippen molar-refractivity contribution in [1.29, 1.82) is 5.26 Å². The lowest BCUT2D eigenvalue weighted by atomic mass is 9.98. The first-order valence-electron chi connectivity index (χ1n) is 6.24. The number of hydrogen-bond donors (Lipinski definition) is 0. The molecule has 0 aromatic heterocycles. The lowest BCUT2D eigenvalue weighted by molar-refractivity contribution is -0.138. The highest BCUT2D eigenvalue weighted by Crippen LogP contribution is 2.20. The normalized spacial score (nSPS) is 16.4. The van der Waals surface area contributed by atoms with Crippen molar-refractivity contribution in [2.75, 3.05) is 26.2 Å². The highest BCUT2D eigenvalue weighted by molar-refractivity contribution is 5.93. The zero-order chi connectivity index (χ0) is 12.7. The van der Waals surface area contributed by atoms with Crippen molar-refractivity contribution in [1.82, 2.24) is 4.90 Å². The van der Waals surface area contributed by atoms with Gasteiger partial charge in [-0.05, 0) is 38.3 Å². The molecule has 1 saturated heterocycles. The van der Waals surface area contributed by atoms with Gasteiger partial charge in [0.05, 0.1) is 6.61 Å². The molecule has 0 aliphatic carbocycles. The molecule has 1 fully saturated rings. The zero-order valence-electron chi connectivity index (χ0n) is 10.7. The third-order valence-electron chi connectivity index (χ3n) is 2.94. The van der Waals surface area contributed by atoms with Crippen molar-refractivity contribution in [3.8, 4) is 6.07 Å². The van der Waals surface area contributed by atoms with Crippen molar-refractivity contribution in [2.24, 2.45) is 0 Å². The first kappa shape index (κ1) is 13.7. The van der Waals surface area contributed by atoms with Crippen molar-refractivity contribution in [2.45, 2.75) is 33.1 Å². The Morgan fingerprint density at radius 2 is 2.06 bits per heavy atom. The Morgan fingerprint density at radius 1 is 1.41 bits per heavy atom. The van der Waals surface area contributed by atoms with Gasteiger partial charge in [0.2, 0.25) is 0 Å². The summed E-state index contributed by atoms with van der Waals surface area (Å²) < 4.78 is 4.89. The molecule has 0 spiro atoms. The van der Waals surface area contributed by atoms with Crippen LogP contribution in [0.2, 0.25) is 0 Å². The molecule has 1 rings (SSSR count). The fourth-order valence-corrected chi connectivity index (χ4v) is 2.09. The van der Waals surface area contributed by atoms with Gasteiger partial charge < -0.3 is 9.64 Å². The largest absolute Gasteiger partial charge is 0.462 e. The van der Waals surface area contributed by atoms with Crippen LogP contribution in [0.3, 0.4) is 0 Å². The zero-order valence-corrected chi connectivity index (χ0v) is 10.7. The third-order valence-corrected chi connectivity index (χ3v) is 2.94. The minimum absolute atomic E-state index is 0.225. The third kappa shape index (κ3) is 3.86. The number of hydrogen-bond acceptors (Lipinski definition) is 4. The lowest BCUT2D eigenvalue weighted by Gasteiger charge is -2.28. The Labute approximate surface area is 103 Å². The first-order valence-corrected chi connectivity index (χ1v) is 6.24. The highest BCUT2D eigenvalue weighted by Gasteiger charge is 2.20. The van der Waals surface area contributed by atoms with Gasteiger partial charge >= 0.3 is 5.97 Å². The molecule has 0 saturated carbocycles. The van der Waals surface area contributed by atoms with E-state index < -0.39 is 5.97 Å². The van der Waals surface area contributed by atoms with Crippen LogP contribution >= 0.6 is 0 Å². The van der Waals surface area contributed by atoms with Crippen LogP contribution in [0.25, 0.3) is 0 Å². The van der Waals surface area contributed by atoms with Gasteiger partial charge in [-0.15, -0.1) is 0 Å². The van der Waals surface area contributed by atoms with E-state index in [0.29, 0.717) is 6.61 Å². The molecule has 4 nitrogen and oxygen atoms in total. The lowest BCUT2D eigenvalue weighted by Crippen LogP contribution is -2.32. The predicted octanol–water partition coefficient (Wildman–Crippen LogP) is 1.88. The second-order valence-electron chi connectivity index (χ2n) is 4.15. The number of likely N-dealkylation sites (tertiary alicyclic amines) is 1. The molecule has 0 N–H and O–H groups in total. The average Bonchev–Trinajstić information content (AvgIpc) is 2.33. The Hall–Kier alpha value is -1.34. The average molecular weight is 236 g/mol. The molecule has 1 aliphatic heterocycles. The molecular formula is C13H20N2O2. The minimum atomic E-state index is -0.464. The summed E-state index contributed by atoms with van der Waals surface area (Å²) >= 11 is 0. The quantitative estimate of drug-likeness (QED) is 0.425. The van der Waals surface area contributed by atoms with Crippen LogP contribution in [0.15, 0.2) is 11.1 Å². The van der Waals surface area contributed by atoms with E-state index in [1.807, 2.05) is 6.07 Å². The molecule has 0 bridgehead atoms. The summed E-state index contributed by atoms with van der Waals surface area (Å²) in [6.07, 6.45) is 2.76. The fraction of sp³-hybridized carbons (Fsp3) is 0.692. The van der Waals surface area contributed by atoms with Crippen LogP contribution in [0, 0.1) is 11.3 Å². The fourth-order valence-electron chi connectivity index (χ4n) is 2.09. The number of nitriles is 1. The summed E-state index contributed by atoms with van der Waals surface area (Å²) in [7, 11) is 0. The smallest absolute Gasteiger partial charge is 0.348 e. The molecule has 0 radical (unpaired) electrons. The van der Waals surface area contributed by atoms with Gasteiger partial charge in [0, 0.05) is 13.1 Å². The van der Waals surface area contributed by atoms with Crippen molar-refractivity contribution >= 4 is 5.97 Å². The van der Waals surface area contributed by atoms with Gasteiger partial charge in [0.15, 0.2) is 0 Å². The van der Waals surface area contributed by atoms with Gasteiger partial charge in [0.1, 0.15) is 11.6 Å². The molecule has 0 atom stereocenters. The van der Waals surface area contributed by atoms with Gasteiger partial charge in [-0.2, -0.15) is 5.26 Å². The van der Waals surface area contributed by atoms with E-state index in [9.17, 15) is 4.79 Å². The summed E-state index contributed by atoms with van der Waals surface area (Å²) in [6.45, 7) is 7.20. The van der Waals surface area contributed by atoms with Crippen molar-refractivity contribution < 1.29 is 9.53 Å². The van der Waals surface area contributed by atoms with Gasteiger partial charge in [-0.25, -0.2) is 4.79 Å². The summed E-state index contributed by atoms with van der Waals surface area (Å²) in [5.41, 5.74) is 1.18. The Bertz CT molecular complexity index is 332. The molecule has 17 heavy (non-hydrogen) atoms. The molecule has 1 aliphatic rings. The molecule has 1 heterocycles. The van der Waals surface area contributed by atoms with Crippen LogP contribution in [0.1, 0.15) is 33.1 Å². The van der Waals surface area contributed by atoms with E-state index in [1.54, 1.807) is 6.92 Å². The SMILES string of the molecule is CCCN1CCC(=C(C#N)C(=O)OCC)CC1. The monoisotopic (exact) mass is 236 g/mol. The minimum Gasteiger partial charge on any atom is -0.462 e. The maximum atomic E-state index is 11.6. The van der Waals surface area contributed by atoms with Crippen molar-refractivity contribution in [3.05, 3.63) is 11.1 Å². The summed E-state index contributed by atoms with van der Waals surface area (Å²) in [4.78, 5) is 13.9. The van der Waals surface area contributed by atoms with E-state index in [4.69, 9.17) is 10.00 Å². The van der Waals surface area contributed by atoms with E-state index in [0.717, 1.165) is 44.5 Å². The number of esters is 1. The Morgan fingerprint density at radius 3 is 2.53 bits per heavy atom. The Balaban J connectivity index is 2.65. The standard InChI is InChI=1S/C13H20N2O2/c1-3-7-15-8-5-11(6-9-15)12(10-14)13(16)17-4-2/h3-9H2,1-2H3. The first-order chi connectivity index (χ1) is 8.22. The Kier molecular flexibility index (Phi) is 5.71. The van der Waals surface area contributed by atoms with Crippen LogP contribution in [0.4, 0.5) is 0 Å². The molecule has 4 heteroatoms. The summed E-state index contributed by atoms with van der Waals surface area (Å²) in [5, 5.41) is 9.02. The highest BCUT2D eigenvalue weighted by atomic mass is 16.5. The maximum absolute atomic E-state index is 11.6. The molecule has 0 unspecified atom stereocenters. The maximum Gasteiger partial charge on any atom is 0.348 e. The molecule has 0 amide bonds. The summed E-state index contributed by atoms with van der Waals surface area (Å²) in [6, 6.07) is 1.99. The molecular weight excluding hydrogens is 216 g/mol. The molecule has 94 valence electrons. The van der Waals surface area contributed by atoms with Crippen LogP contribution in [0.5, 0.6) is 0 Å². The summed E-state index contributed by atoms with van der Waals surface area (Å²) in [5.74, 6) is -0.464. The van der Waals surface area contributed by atoms with E-state index in [2.05, 4.69) is 11.8 Å². The molecule has 0 aromatic rings. The van der Waals surface area contributed by atoms with Crippen LogP contribution < -0.4 is 0 Å². The van der Waals surface area contributed by atoms with E-state index >= 15 is 0 Å². The number of rotatable bonds is 4. The van der Waals surface area contributed by atoms with Gasteiger partial charge in [-0.3, -0.25) is 0 Å². The number of carbonyl (C=O) groups is 1. The second kappa shape index (κ2) is 7.08. The van der Waals surface area contributed by atoms with Crippen molar-refractivity contribution in [3.63, 3.8) is 0 Å². The molecule has 0 aromatic carbocycles. The number of piperidine rings is 1. The topological polar surface area (TPSA) is 53.3 Å². The predicted molar refractivity (Wildman–Crippen MR) is 65.2 cm³/mol. The van der Waals surface area contributed by atoms with Gasteiger partial charge in [-0.1, -0.05) is 6.92 Å². The van der Waals surface area contributed by atoms with E-state index in [-0.39, 0.29) is 5.57 Å². The van der Waals surface area contributed by atoms with Crippen LogP contribution in [-0.4, -0.2) is 37.1 Å². The number of carbonyl (C=O) groups excluding carboxylic acids is 1. The second-order valence-corrected chi connectivity index (χ2v) is 4.15.